The SMILES string of the molecule is OCC1CCCCN1Cc1ccc2c(c1)OCO2. The van der Waals surface area contributed by atoms with E-state index in [2.05, 4.69) is 11.0 Å². The number of hydrogen-bond donors (Lipinski definition) is 1. The molecule has 0 aliphatic carbocycles. The average Bonchev–Trinajstić information content (AvgIpc) is 2.87. The Morgan fingerprint density at radius 2 is 2.11 bits per heavy atom. The van der Waals surface area contributed by atoms with Gasteiger partial charge in [0, 0.05) is 12.6 Å². The molecule has 18 heavy (non-hydrogen) atoms. The summed E-state index contributed by atoms with van der Waals surface area (Å²) >= 11 is 0. The average molecular weight is 249 g/mol. The predicted octanol–water partition coefficient (Wildman–Crippen LogP) is 1.76. The van der Waals surface area contributed by atoms with Crippen LogP contribution in [0, 0.1) is 0 Å². The van der Waals surface area contributed by atoms with Gasteiger partial charge in [-0.05, 0) is 37.1 Å². The van der Waals surface area contributed by atoms with Gasteiger partial charge in [0.05, 0.1) is 6.61 Å². The molecule has 1 unspecified atom stereocenters. The van der Waals surface area contributed by atoms with Gasteiger partial charge in [-0.25, -0.2) is 0 Å². The second kappa shape index (κ2) is 5.16. The van der Waals surface area contributed by atoms with Crippen LogP contribution >= 0.6 is 0 Å². The molecule has 0 bridgehead atoms. The summed E-state index contributed by atoms with van der Waals surface area (Å²) < 4.78 is 10.7. The van der Waals surface area contributed by atoms with Gasteiger partial charge in [-0.2, -0.15) is 0 Å². The van der Waals surface area contributed by atoms with Crippen molar-refractivity contribution in [1.82, 2.24) is 4.90 Å². The van der Waals surface area contributed by atoms with Crippen LogP contribution in [0.4, 0.5) is 0 Å². The number of piperidine rings is 1. The van der Waals surface area contributed by atoms with Crippen LogP contribution in [0.15, 0.2) is 18.2 Å². The lowest BCUT2D eigenvalue weighted by Crippen LogP contribution is -2.41. The van der Waals surface area contributed by atoms with Crippen LogP contribution in [0.5, 0.6) is 11.5 Å². The maximum Gasteiger partial charge on any atom is 0.231 e. The van der Waals surface area contributed by atoms with Gasteiger partial charge >= 0.3 is 0 Å². The molecule has 1 fully saturated rings. The number of aliphatic hydroxyl groups excluding tert-OH is 1. The highest BCUT2D eigenvalue weighted by molar-refractivity contribution is 5.44. The zero-order valence-electron chi connectivity index (χ0n) is 10.5. The van der Waals surface area contributed by atoms with E-state index in [4.69, 9.17) is 9.47 Å². The maximum atomic E-state index is 9.41. The number of aliphatic hydroxyl groups is 1. The molecule has 0 spiro atoms. The van der Waals surface area contributed by atoms with E-state index in [0.717, 1.165) is 31.0 Å². The Balaban J connectivity index is 1.71. The van der Waals surface area contributed by atoms with Crippen molar-refractivity contribution < 1.29 is 14.6 Å². The number of rotatable bonds is 3. The standard InChI is InChI=1S/C14H19NO3/c16-9-12-3-1-2-6-15(12)8-11-4-5-13-14(7-11)18-10-17-13/h4-5,7,12,16H,1-3,6,8-10H2. The van der Waals surface area contributed by atoms with Crippen molar-refractivity contribution in [2.45, 2.75) is 31.8 Å². The van der Waals surface area contributed by atoms with Crippen molar-refractivity contribution in [3.8, 4) is 11.5 Å². The third kappa shape index (κ3) is 2.31. The lowest BCUT2D eigenvalue weighted by atomic mass is 10.0. The molecule has 2 aliphatic heterocycles. The van der Waals surface area contributed by atoms with Crippen LogP contribution < -0.4 is 9.47 Å². The Labute approximate surface area is 107 Å². The monoisotopic (exact) mass is 249 g/mol. The van der Waals surface area contributed by atoms with E-state index in [1.54, 1.807) is 0 Å². The predicted molar refractivity (Wildman–Crippen MR) is 67.7 cm³/mol. The number of hydrogen-bond acceptors (Lipinski definition) is 4. The quantitative estimate of drug-likeness (QED) is 0.886. The fourth-order valence-corrected chi connectivity index (χ4v) is 2.75. The molecule has 0 amide bonds. The van der Waals surface area contributed by atoms with Gasteiger partial charge < -0.3 is 14.6 Å². The van der Waals surface area contributed by atoms with Gasteiger partial charge in [0.25, 0.3) is 0 Å². The summed E-state index contributed by atoms with van der Waals surface area (Å²) in [6.07, 6.45) is 3.55. The van der Waals surface area contributed by atoms with Gasteiger partial charge in [-0.1, -0.05) is 12.5 Å². The Morgan fingerprint density at radius 1 is 1.22 bits per heavy atom. The number of benzene rings is 1. The van der Waals surface area contributed by atoms with Crippen LogP contribution in [-0.2, 0) is 6.54 Å². The molecule has 1 aromatic rings. The van der Waals surface area contributed by atoms with Crippen LogP contribution in [0.2, 0.25) is 0 Å². The van der Waals surface area contributed by atoms with E-state index >= 15 is 0 Å². The van der Waals surface area contributed by atoms with Crippen molar-refractivity contribution in [2.24, 2.45) is 0 Å². The summed E-state index contributed by atoms with van der Waals surface area (Å²) in [7, 11) is 0. The first-order chi connectivity index (χ1) is 8.86. The molecule has 0 radical (unpaired) electrons. The summed E-state index contributed by atoms with van der Waals surface area (Å²) in [6, 6.07) is 6.40. The van der Waals surface area contributed by atoms with Crippen molar-refractivity contribution in [1.29, 1.82) is 0 Å². The largest absolute Gasteiger partial charge is 0.454 e. The third-order valence-electron chi connectivity index (χ3n) is 3.78. The van der Waals surface area contributed by atoms with E-state index in [0.29, 0.717) is 12.8 Å². The highest BCUT2D eigenvalue weighted by Crippen LogP contribution is 2.33. The second-order valence-electron chi connectivity index (χ2n) is 4.99. The van der Waals surface area contributed by atoms with E-state index in [1.807, 2.05) is 12.1 Å². The smallest absolute Gasteiger partial charge is 0.231 e. The lowest BCUT2D eigenvalue weighted by Gasteiger charge is -2.34. The van der Waals surface area contributed by atoms with E-state index in [9.17, 15) is 5.11 Å². The minimum absolute atomic E-state index is 0.255. The zero-order chi connectivity index (χ0) is 12.4. The molecule has 1 aromatic carbocycles. The summed E-state index contributed by atoms with van der Waals surface area (Å²) in [5.41, 5.74) is 1.22. The highest BCUT2D eigenvalue weighted by atomic mass is 16.7. The summed E-state index contributed by atoms with van der Waals surface area (Å²) in [5, 5.41) is 9.41. The van der Waals surface area contributed by atoms with Gasteiger partial charge in [-0.15, -0.1) is 0 Å². The molecular weight excluding hydrogens is 230 g/mol. The highest BCUT2D eigenvalue weighted by Gasteiger charge is 2.22. The Hall–Kier alpha value is -1.26. The van der Waals surface area contributed by atoms with E-state index < -0.39 is 0 Å². The number of fused-ring (bicyclic) bond motifs is 1. The second-order valence-corrected chi connectivity index (χ2v) is 4.99. The third-order valence-corrected chi connectivity index (χ3v) is 3.78. The van der Waals surface area contributed by atoms with Crippen LogP contribution in [-0.4, -0.2) is 36.0 Å². The topological polar surface area (TPSA) is 41.9 Å². The minimum Gasteiger partial charge on any atom is -0.454 e. The normalized spacial score (nSPS) is 23.3. The Kier molecular flexibility index (Phi) is 3.39. The maximum absolute atomic E-state index is 9.41. The molecule has 4 nitrogen and oxygen atoms in total. The summed E-state index contributed by atoms with van der Waals surface area (Å²) in [6.45, 7) is 2.52. The minimum atomic E-state index is 0.255. The van der Waals surface area contributed by atoms with Gasteiger partial charge in [0.15, 0.2) is 11.5 Å². The van der Waals surface area contributed by atoms with E-state index in [-0.39, 0.29) is 6.61 Å². The van der Waals surface area contributed by atoms with Gasteiger partial charge in [0.1, 0.15) is 0 Å². The molecule has 1 atom stereocenters. The molecule has 98 valence electrons. The molecule has 3 rings (SSSR count). The molecule has 1 saturated heterocycles. The fraction of sp³-hybridized carbons (Fsp3) is 0.571. The van der Waals surface area contributed by atoms with Crippen molar-refractivity contribution in [2.75, 3.05) is 19.9 Å². The van der Waals surface area contributed by atoms with Crippen molar-refractivity contribution in [3.63, 3.8) is 0 Å². The molecule has 4 heteroatoms. The van der Waals surface area contributed by atoms with Crippen LogP contribution in [0.25, 0.3) is 0 Å². The molecule has 0 saturated carbocycles. The fourth-order valence-electron chi connectivity index (χ4n) is 2.75. The van der Waals surface area contributed by atoms with Crippen molar-refractivity contribution >= 4 is 0 Å². The van der Waals surface area contributed by atoms with Crippen LogP contribution in [0.1, 0.15) is 24.8 Å². The molecule has 2 aliphatic rings. The molecule has 0 aromatic heterocycles. The van der Waals surface area contributed by atoms with Crippen molar-refractivity contribution in [3.05, 3.63) is 23.8 Å². The molecule has 2 heterocycles. The molecular formula is C14H19NO3. The van der Waals surface area contributed by atoms with Crippen LogP contribution in [0.3, 0.4) is 0 Å². The first kappa shape index (κ1) is 11.8. The van der Waals surface area contributed by atoms with Gasteiger partial charge in [-0.3, -0.25) is 4.90 Å². The zero-order valence-corrected chi connectivity index (χ0v) is 10.5. The number of likely N-dealkylation sites (tertiary alicyclic amines) is 1. The number of nitrogens with zero attached hydrogens (tertiary/aromatic N) is 1. The van der Waals surface area contributed by atoms with Gasteiger partial charge in [0.2, 0.25) is 6.79 Å². The number of ether oxygens (including phenoxy) is 2. The summed E-state index contributed by atoms with van der Waals surface area (Å²) in [5.74, 6) is 1.67. The summed E-state index contributed by atoms with van der Waals surface area (Å²) in [4.78, 5) is 2.36. The van der Waals surface area contributed by atoms with E-state index in [1.165, 1.54) is 18.4 Å². The Morgan fingerprint density at radius 3 is 3.00 bits per heavy atom. The Bertz CT molecular complexity index is 422. The first-order valence-electron chi connectivity index (χ1n) is 6.60. The first-order valence-corrected chi connectivity index (χ1v) is 6.60. The molecule has 1 N–H and O–H groups in total. The lowest BCUT2D eigenvalue weighted by molar-refractivity contribution is 0.0841.